The predicted octanol–water partition coefficient (Wildman–Crippen LogP) is 1.23. The van der Waals surface area contributed by atoms with Gasteiger partial charge < -0.3 is 15.4 Å². The molecule has 0 fully saturated rings. The fraction of sp³-hybridized carbons (Fsp3) is 0.846. The Kier molecular flexibility index (Phi) is 11.6. The second-order valence-electron chi connectivity index (χ2n) is 4.14. The van der Waals surface area contributed by atoms with E-state index < -0.39 is 0 Å². The van der Waals surface area contributed by atoms with Gasteiger partial charge in [-0.3, -0.25) is 9.59 Å². The largest absolute Gasteiger partial charge is 0.466 e. The maximum absolute atomic E-state index is 11.2. The first kappa shape index (κ1) is 16.9. The van der Waals surface area contributed by atoms with Crippen LogP contribution in [0.3, 0.4) is 0 Å². The summed E-state index contributed by atoms with van der Waals surface area (Å²) in [5.41, 5.74) is 0. The molecule has 5 nitrogen and oxygen atoms in total. The lowest BCUT2D eigenvalue weighted by Crippen LogP contribution is -2.34. The van der Waals surface area contributed by atoms with E-state index in [0.717, 1.165) is 38.8 Å². The van der Waals surface area contributed by atoms with Crippen molar-refractivity contribution < 1.29 is 14.3 Å². The molecule has 0 aromatic heterocycles. The number of amides is 1. The average molecular weight is 258 g/mol. The molecule has 0 aromatic rings. The fourth-order valence-corrected chi connectivity index (χ4v) is 1.46. The van der Waals surface area contributed by atoms with Crippen LogP contribution < -0.4 is 10.6 Å². The van der Waals surface area contributed by atoms with Crippen molar-refractivity contribution in [3.8, 4) is 0 Å². The van der Waals surface area contributed by atoms with E-state index in [0.29, 0.717) is 19.6 Å². The molecule has 0 radical (unpaired) electrons. The van der Waals surface area contributed by atoms with E-state index in [1.165, 1.54) is 0 Å². The van der Waals surface area contributed by atoms with E-state index >= 15 is 0 Å². The first-order chi connectivity index (χ1) is 8.70. The van der Waals surface area contributed by atoms with Crippen molar-refractivity contribution in [2.24, 2.45) is 0 Å². The summed E-state index contributed by atoms with van der Waals surface area (Å²) in [6, 6.07) is 0. The van der Waals surface area contributed by atoms with Gasteiger partial charge in [0.15, 0.2) is 0 Å². The van der Waals surface area contributed by atoms with Crippen molar-refractivity contribution in [2.75, 3.05) is 26.2 Å². The lowest BCUT2D eigenvalue weighted by atomic mass is 10.2. The van der Waals surface area contributed by atoms with Crippen LogP contribution in [0.15, 0.2) is 0 Å². The van der Waals surface area contributed by atoms with Gasteiger partial charge in [-0.15, -0.1) is 0 Å². The zero-order chi connectivity index (χ0) is 13.6. The maximum Gasteiger partial charge on any atom is 0.305 e. The number of ether oxygens (including phenoxy) is 1. The molecule has 0 unspecified atom stereocenters. The monoisotopic (exact) mass is 258 g/mol. The van der Waals surface area contributed by atoms with Crippen molar-refractivity contribution >= 4 is 11.9 Å². The van der Waals surface area contributed by atoms with Gasteiger partial charge in [0, 0.05) is 13.0 Å². The van der Waals surface area contributed by atoms with Crippen LogP contribution in [0, 0.1) is 0 Å². The lowest BCUT2D eigenvalue weighted by molar-refractivity contribution is -0.143. The summed E-state index contributed by atoms with van der Waals surface area (Å²) in [4.78, 5) is 22.2. The van der Waals surface area contributed by atoms with Gasteiger partial charge >= 0.3 is 5.97 Å². The summed E-state index contributed by atoms with van der Waals surface area (Å²) >= 11 is 0. The van der Waals surface area contributed by atoms with Crippen LogP contribution >= 0.6 is 0 Å². The van der Waals surface area contributed by atoms with Crippen LogP contribution in [0.5, 0.6) is 0 Å². The first-order valence-electron chi connectivity index (χ1n) is 6.83. The standard InChI is InChI=1S/C13H26N2O3/c1-3-9-15-12(16)11-14-10-7-5-6-8-13(17)18-4-2/h14H,3-11H2,1-2H3,(H,15,16). The van der Waals surface area contributed by atoms with Crippen LogP contribution in [0.2, 0.25) is 0 Å². The summed E-state index contributed by atoms with van der Waals surface area (Å²) in [5, 5.41) is 5.88. The van der Waals surface area contributed by atoms with Crippen LogP contribution in [0.4, 0.5) is 0 Å². The molecule has 0 saturated heterocycles. The molecular weight excluding hydrogens is 232 g/mol. The van der Waals surface area contributed by atoms with Crippen molar-refractivity contribution in [3.63, 3.8) is 0 Å². The molecule has 0 aliphatic rings. The van der Waals surface area contributed by atoms with Crippen molar-refractivity contribution in [1.29, 1.82) is 0 Å². The van der Waals surface area contributed by atoms with Gasteiger partial charge in [-0.1, -0.05) is 13.3 Å². The number of rotatable bonds is 11. The molecule has 0 saturated carbocycles. The third-order valence-corrected chi connectivity index (χ3v) is 2.40. The quantitative estimate of drug-likeness (QED) is 0.432. The Morgan fingerprint density at radius 3 is 2.50 bits per heavy atom. The summed E-state index contributed by atoms with van der Waals surface area (Å²) in [6.45, 7) is 6.20. The van der Waals surface area contributed by atoms with Crippen LogP contribution in [-0.2, 0) is 14.3 Å². The Bertz CT molecular complexity index is 232. The predicted molar refractivity (Wildman–Crippen MR) is 71.3 cm³/mol. The third kappa shape index (κ3) is 11.4. The van der Waals surface area contributed by atoms with E-state index in [2.05, 4.69) is 10.6 Å². The zero-order valence-electron chi connectivity index (χ0n) is 11.6. The maximum atomic E-state index is 11.2. The molecule has 0 bridgehead atoms. The van der Waals surface area contributed by atoms with E-state index in [-0.39, 0.29) is 11.9 Å². The Morgan fingerprint density at radius 2 is 1.83 bits per heavy atom. The van der Waals surface area contributed by atoms with E-state index in [4.69, 9.17) is 4.74 Å². The highest BCUT2D eigenvalue weighted by Crippen LogP contribution is 2.00. The Morgan fingerprint density at radius 1 is 1.06 bits per heavy atom. The summed E-state index contributed by atoms with van der Waals surface area (Å²) in [6.07, 6.45) is 4.25. The first-order valence-corrected chi connectivity index (χ1v) is 6.83. The average Bonchev–Trinajstić information content (AvgIpc) is 2.35. The highest BCUT2D eigenvalue weighted by Gasteiger charge is 2.01. The van der Waals surface area contributed by atoms with E-state index in [9.17, 15) is 9.59 Å². The third-order valence-electron chi connectivity index (χ3n) is 2.40. The minimum atomic E-state index is -0.121. The highest BCUT2D eigenvalue weighted by molar-refractivity contribution is 5.77. The number of carbonyl (C=O) groups excluding carboxylic acids is 2. The Labute approximate surface area is 110 Å². The van der Waals surface area contributed by atoms with E-state index in [1.54, 1.807) is 0 Å². The molecule has 106 valence electrons. The highest BCUT2D eigenvalue weighted by atomic mass is 16.5. The van der Waals surface area contributed by atoms with Gasteiger partial charge in [0.1, 0.15) is 0 Å². The van der Waals surface area contributed by atoms with E-state index in [1.807, 2.05) is 13.8 Å². The van der Waals surface area contributed by atoms with Gasteiger partial charge in [0.25, 0.3) is 0 Å². The Balaban J connectivity index is 3.20. The van der Waals surface area contributed by atoms with Crippen LogP contribution in [0.25, 0.3) is 0 Å². The minimum Gasteiger partial charge on any atom is -0.466 e. The molecule has 0 aliphatic carbocycles. The molecule has 0 atom stereocenters. The van der Waals surface area contributed by atoms with Gasteiger partial charge in [0.2, 0.25) is 5.91 Å². The number of unbranched alkanes of at least 4 members (excludes halogenated alkanes) is 2. The summed E-state index contributed by atoms with van der Waals surface area (Å²) in [7, 11) is 0. The molecule has 18 heavy (non-hydrogen) atoms. The molecular formula is C13H26N2O3. The SMILES string of the molecule is CCCNC(=O)CNCCCCCC(=O)OCC. The molecule has 2 N–H and O–H groups in total. The minimum absolute atomic E-state index is 0.0448. The van der Waals surface area contributed by atoms with Gasteiger partial charge in [-0.05, 0) is 32.7 Å². The zero-order valence-corrected chi connectivity index (χ0v) is 11.6. The van der Waals surface area contributed by atoms with Crippen LogP contribution in [0.1, 0.15) is 46.0 Å². The van der Waals surface area contributed by atoms with Crippen molar-refractivity contribution in [2.45, 2.75) is 46.0 Å². The normalized spacial score (nSPS) is 10.1. The molecule has 0 spiro atoms. The number of esters is 1. The number of hydrogen-bond donors (Lipinski definition) is 2. The Hall–Kier alpha value is -1.10. The summed E-state index contributed by atoms with van der Waals surface area (Å²) < 4.78 is 4.83. The summed E-state index contributed by atoms with van der Waals surface area (Å²) in [5.74, 6) is -0.0761. The second kappa shape index (κ2) is 12.4. The molecule has 5 heteroatoms. The molecule has 1 amide bonds. The second-order valence-corrected chi connectivity index (χ2v) is 4.14. The molecule has 0 heterocycles. The fourth-order valence-electron chi connectivity index (χ4n) is 1.46. The molecule has 0 aromatic carbocycles. The van der Waals surface area contributed by atoms with Crippen molar-refractivity contribution in [1.82, 2.24) is 10.6 Å². The lowest BCUT2D eigenvalue weighted by Gasteiger charge is -2.05. The molecule has 0 aliphatic heterocycles. The topological polar surface area (TPSA) is 67.4 Å². The van der Waals surface area contributed by atoms with Gasteiger partial charge in [-0.25, -0.2) is 0 Å². The van der Waals surface area contributed by atoms with Gasteiger partial charge in [0.05, 0.1) is 13.2 Å². The number of nitrogens with one attached hydrogen (secondary N) is 2. The van der Waals surface area contributed by atoms with Crippen molar-refractivity contribution in [3.05, 3.63) is 0 Å². The number of carbonyl (C=O) groups is 2. The number of hydrogen-bond acceptors (Lipinski definition) is 4. The smallest absolute Gasteiger partial charge is 0.305 e. The molecule has 0 rings (SSSR count). The van der Waals surface area contributed by atoms with Crippen LogP contribution in [-0.4, -0.2) is 38.1 Å². The van der Waals surface area contributed by atoms with Gasteiger partial charge in [-0.2, -0.15) is 0 Å².